The van der Waals surface area contributed by atoms with Crippen LogP contribution in [0.4, 0.5) is 0 Å². The largest absolute Gasteiger partial charge is 0.480 e. The van der Waals surface area contributed by atoms with Crippen LogP contribution >= 0.6 is 11.8 Å². The van der Waals surface area contributed by atoms with Gasteiger partial charge in [-0.05, 0) is 31.3 Å². The van der Waals surface area contributed by atoms with Crippen molar-refractivity contribution in [1.82, 2.24) is 16.0 Å². The number of carbonyl (C=O) groups excluding carboxylic acids is 6. The van der Waals surface area contributed by atoms with E-state index in [2.05, 4.69) is 16.0 Å². The van der Waals surface area contributed by atoms with Crippen molar-refractivity contribution in [3.05, 3.63) is 0 Å². The number of carbonyl (C=O) groups is 7. The summed E-state index contributed by atoms with van der Waals surface area (Å²) in [6.07, 6.45) is 0.269. The molecular weight excluding hydrogens is 486 g/mol. The van der Waals surface area contributed by atoms with E-state index in [1.165, 1.54) is 11.8 Å². The van der Waals surface area contributed by atoms with E-state index in [9.17, 15) is 38.7 Å². The van der Waals surface area contributed by atoms with Crippen molar-refractivity contribution in [1.29, 1.82) is 0 Å². The van der Waals surface area contributed by atoms with Gasteiger partial charge in [-0.3, -0.25) is 28.8 Å². The molecule has 0 aliphatic heterocycles. The zero-order valence-electron chi connectivity index (χ0n) is 19.3. The van der Waals surface area contributed by atoms with Crippen LogP contribution < -0.4 is 38.9 Å². The quantitative estimate of drug-likeness (QED) is 0.0868. The van der Waals surface area contributed by atoms with Crippen LogP contribution in [0.3, 0.4) is 0 Å². The molecule has 0 heterocycles. The number of carboxylic acid groups (broad SMARTS) is 1. The summed E-state index contributed by atoms with van der Waals surface area (Å²) >= 11 is 1.36. The number of nitrogens with one attached hydrogen (secondary N) is 3. The van der Waals surface area contributed by atoms with E-state index < -0.39 is 72.0 Å². The number of rotatable bonds is 18. The molecular formula is C19H33N7O8S. The number of hydrogen-bond donors (Lipinski definition) is 8. The fourth-order valence-electron chi connectivity index (χ4n) is 2.71. The molecule has 4 unspecified atom stereocenters. The van der Waals surface area contributed by atoms with Gasteiger partial charge in [-0.25, -0.2) is 4.79 Å². The van der Waals surface area contributed by atoms with Crippen molar-refractivity contribution in [3.63, 3.8) is 0 Å². The Labute approximate surface area is 205 Å². The third-order valence-electron chi connectivity index (χ3n) is 4.61. The SMILES string of the molecule is CSCCC(NC(=O)C(CCC(N)=O)NC(=O)C(CC(N)=O)NC(=O)C(N)CCC(N)=O)C(=O)O. The highest BCUT2D eigenvalue weighted by molar-refractivity contribution is 7.98. The number of primary amides is 3. The Morgan fingerprint density at radius 1 is 0.714 bits per heavy atom. The van der Waals surface area contributed by atoms with Crippen LogP contribution in [-0.4, -0.2) is 82.7 Å². The van der Waals surface area contributed by atoms with Gasteiger partial charge in [0.15, 0.2) is 0 Å². The average molecular weight is 520 g/mol. The topological polar surface area (TPSA) is 280 Å². The van der Waals surface area contributed by atoms with Gasteiger partial charge in [0.25, 0.3) is 0 Å². The molecule has 15 nitrogen and oxygen atoms in total. The van der Waals surface area contributed by atoms with Crippen molar-refractivity contribution < 1.29 is 38.7 Å². The Morgan fingerprint density at radius 2 is 1.20 bits per heavy atom. The summed E-state index contributed by atoms with van der Waals surface area (Å²) in [6.45, 7) is 0. The molecule has 0 bridgehead atoms. The predicted octanol–water partition coefficient (Wildman–Crippen LogP) is -3.99. The number of nitrogens with two attached hydrogens (primary N) is 4. The van der Waals surface area contributed by atoms with Crippen molar-refractivity contribution >= 4 is 53.2 Å². The third-order valence-corrected chi connectivity index (χ3v) is 5.26. The molecule has 0 spiro atoms. The third kappa shape index (κ3) is 13.8. The first kappa shape index (κ1) is 31.6. The van der Waals surface area contributed by atoms with E-state index in [1.807, 2.05) is 0 Å². The van der Waals surface area contributed by atoms with Crippen LogP contribution in [0.15, 0.2) is 0 Å². The van der Waals surface area contributed by atoms with Gasteiger partial charge in [0.2, 0.25) is 35.4 Å². The van der Waals surface area contributed by atoms with Crippen LogP contribution in [0.1, 0.15) is 38.5 Å². The highest BCUT2D eigenvalue weighted by Crippen LogP contribution is 2.05. The molecule has 35 heavy (non-hydrogen) atoms. The lowest BCUT2D eigenvalue weighted by molar-refractivity contribution is -0.142. The maximum Gasteiger partial charge on any atom is 0.326 e. The molecule has 0 rings (SSSR count). The summed E-state index contributed by atoms with van der Waals surface area (Å²) in [5, 5.41) is 16.1. The first-order valence-electron chi connectivity index (χ1n) is 10.5. The predicted molar refractivity (Wildman–Crippen MR) is 125 cm³/mol. The van der Waals surface area contributed by atoms with E-state index in [-0.39, 0.29) is 32.1 Å². The van der Waals surface area contributed by atoms with E-state index >= 15 is 0 Å². The molecule has 4 atom stereocenters. The minimum atomic E-state index is -1.55. The van der Waals surface area contributed by atoms with Crippen molar-refractivity contribution in [2.75, 3.05) is 12.0 Å². The Kier molecular flexibility index (Phi) is 14.7. The number of amides is 6. The first-order valence-corrected chi connectivity index (χ1v) is 11.9. The summed E-state index contributed by atoms with van der Waals surface area (Å²) in [6, 6.07) is -5.45. The first-order chi connectivity index (χ1) is 16.3. The fourth-order valence-corrected chi connectivity index (χ4v) is 3.18. The van der Waals surface area contributed by atoms with Gasteiger partial charge in [-0.1, -0.05) is 0 Å². The molecule has 16 heteroatoms. The van der Waals surface area contributed by atoms with Crippen LogP contribution in [-0.2, 0) is 33.6 Å². The minimum Gasteiger partial charge on any atom is -0.480 e. The Bertz CT molecular complexity index is 810. The standard InChI is InChI=1S/C19H33N7O8S/c1-35-7-6-11(19(33)34)25-17(31)10(3-5-14(22)28)24-18(32)12(8-15(23)29)26-16(30)9(20)2-4-13(21)27/h9-12H,2-8,20H2,1H3,(H2,21,27)(H2,22,28)(H2,23,29)(H,24,32)(H,25,31)(H,26,30)(H,33,34). The summed E-state index contributed by atoms with van der Waals surface area (Å²) in [5.41, 5.74) is 20.9. The molecule has 0 aliphatic rings. The second kappa shape index (κ2) is 16.3. The highest BCUT2D eigenvalue weighted by Gasteiger charge is 2.31. The van der Waals surface area contributed by atoms with Gasteiger partial charge in [0.05, 0.1) is 12.5 Å². The number of thioether (sulfide) groups is 1. The second-order valence-electron chi connectivity index (χ2n) is 7.59. The van der Waals surface area contributed by atoms with Gasteiger partial charge >= 0.3 is 5.97 Å². The molecule has 0 aromatic carbocycles. The van der Waals surface area contributed by atoms with Crippen LogP contribution in [0, 0.1) is 0 Å². The van der Waals surface area contributed by atoms with E-state index in [0.29, 0.717) is 5.75 Å². The summed E-state index contributed by atoms with van der Waals surface area (Å²) in [5.74, 6) is -6.10. The smallest absolute Gasteiger partial charge is 0.326 e. The molecule has 0 radical (unpaired) electrons. The van der Waals surface area contributed by atoms with Crippen LogP contribution in [0.5, 0.6) is 0 Å². The minimum absolute atomic E-state index is 0.0995. The monoisotopic (exact) mass is 519 g/mol. The molecule has 0 aromatic heterocycles. The van der Waals surface area contributed by atoms with Crippen molar-refractivity contribution in [2.24, 2.45) is 22.9 Å². The van der Waals surface area contributed by atoms with E-state index in [4.69, 9.17) is 22.9 Å². The van der Waals surface area contributed by atoms with Crippen LogP contribution in [0.25, 0.3) is 0 Å². The van der Waals surface area contributed by atoms with Crippen LogP contribution in [0.2, 0.25) is 0 Å². The van der Waals surface area contributed by atoms with E-state index in [0.717, 1.165) is 0 Å². The van der Waals surface area contributed by atoms with Gasteiger partial charge in [0.1, 0.15) is 18.1 Å². The number of carboxylic acids is 1. The maximum absolute atomic E-state index is 12.8. The summed E-state index contributed by atoms with van der Waals surface area (Å²) in [4.78, 5) is 82.7. The molecule has 0 saturated heterocycles. The summed E-state index contributed by atoms with van der Waals surface area (Å²) < 4.78 is 0. The van der Waals surface area contributed by atoms with Crippen molar-refractivity contribution in [3.8, 4) is 0 Å². The lowest BCUT2D eigenvalue weighted by Crippen LogP contribution is -2.57. The Morgan fingerprint density at radius 3 is 1.69 bits per heavy atom. The molecule has 0 aliphatic carbocycles. The van der Waals surface area contributed by atoms with Gasteiger partial charge in [-0.2, -0.15) is 11.8 Å². The molecule has 0 fully saturated rings. The molecule has 6 amide bonds. The van der Waals surface area contributed by atoms with Gasteiger partial charge < -0.3 is 44.0 Å². The lowest BCUT2D eigenvalue weighted by atomic mass is 10.1. The zero-order valence-corrected chi connectivity index (χ0v) is 20.1. The summed E-state index contributed by atoms with van der Waals surface area (Å²) in [7, 11) is 0. The molecule has 0 aromatic rings. The Hall–Kier alpha value is -3.40. The van der Waals surface area contributed by atoms with Crippen molar-refractivity contribution in [2.45, 2.75) is 62.7 Å². The van der Waals surface area contributed by atoms with Gasteiger partial charge in [-0.15, -0.1) is 0 Å². The van der Waals surface area contributed by atoms with E-state index in [1.54, 1.807) is 6.26 Å². The second-order valence-corrected chi connectivity index (χ2v) is 8.58. The molecule has 12 N–H and O–H groups in total. The molecule has 198 valence electrons. The average Bonchev–Trinajstić information content (AvgIpc) is 2.75. The number of hydrogen-bond acceptors (Lipinski definition) is 9. The number of aliphatic carboxylic acids is 1. The van der Waals surface area contributed by atoms with Gasteiger partial charge in [0, 0.05) is 12.8 Å². The molecule has 0 saturated carbocycles. The highest BCUT2D eigenvalue weighted by atomic mass is 32.2. The maximum atomic E-state index is 12.8. The Balaban J connectivity index is 5.54. The fraction of sp³-hybridized carbons (Fsp3) is 0.632. The normalized spacial score (nSPS) is 14.0. The zero-order chi connectivity index (χ0) is 27.1. The lowest BCUT2D eigenvalue weighted by Gasteiger charge is -2.24.